The van der Waals surface area contributed by atoms with Crippen molar-refractivity contribution in [2.45, 2.75) is 6.54 Å². The number of rotatable bonds is 4. The summed E-state index contributed by atoms with van der Waals surface area (Å²) in [5.74, 6) is 1.49. The van der Waals surface area contributed by atoms with Gasteiger partial charge in [-0.1, -0.05) is 6.07 Å². The molecule has 100 valence electrons. The van der Waals surface area contributed by atoms with E-state index in [4.69, 9.17) is 9.47 Å². The number of hydrogen-bond acceptors (Lipinski definition) is 4. The molecule has 2 N–H and O–H groups in total. The summed E-state index contributed by atoms with van der Waals surface area (Å²) >= 11 is 0. The molecule has 1 aromatic rings. The predicted octanol–water partition coefficient (Wildman–Crippen LogP) is 0.715. The van der Waals surface area contributed by atoms with E-state index in [1.165, 1.54) is 0 Å². The summed E-state index contributed by atoms with van der Waals surface area (Å²) < 4.78 is 10.9. The zero-order valence-electron chi connectivity index (χ0n) is 10.2. The van der Waals surface area contributed by atoms with Crippen LogP contribution in [0.1, 0.15) is 5.56 Å². The normalized spacial score (nSPS) is 12.5. The van der Waals surface area contributed by atoms with E-state index < -0.39 is 0 Å². The van der Waals surface area contributed by atoms with Crippen molar-refractivity contribution >= 4 is 18.3 Å². The van der Waals surface area contributed by atoms with E-state index in [0.29, 0.717) is 26.3 Å². The number of carbonyl (C=O) groups is 1. The topological polar surface area (TPSA) is 59.6 Å². The second-order valence-corrected chi connectivity index (χ2v) is 3.79. The van der Waals surface area contributed by atoms with Crippen LogP contribution in [-0.4, -0.2) is 32.7 Å². The number of ether oxygens (including phenoxy) is 2. The summed E-state index contributed by atoms with van der Waals surface area (Å²) in [6.07, 6.45) is 0. The Morgan fingerprint density at radius 1 is 1.28 bits per heavy atom. The lowest BCUT2D eigenvalue weighted by Gasteiger charge is -2.18. The number of carbonyl (C=O) groups excluding carboxylic acids is 1. The Balaban J connectivity index is 0.00000162. The van der Waals surface area contributed by atoms with Gasteiger partial charge in [0, 0.05) is 6.54 Å². The Hall–Kier alpha value is -1.46. The van der Waals surface area contributed by atoms with E-state index in [1.54, 1.807) is 7.05 Å². The van der Waals surface area contributed by atoms with Gasteiger partial charge in [-0.15, -0.1) is 12.4 Å². The van der Waals surface area contributed by atoms with Crippen LogP contribution in [0.25, 0.3) is 0 Å². The molecule has 0 radical (unpaired) electrons. The van der Waals surface area contributed by atoms with E-state index in [2.05, 4.69) is 10.6 Å². The molecule has 0 unspecified atom stereocenters. The minimum atomic E-state index is -0.0256. The van der Waals surface area contributed by atoms with Crippen molar-refractivity contribution < 1.29 is 14.3 Å². The van der Waals surface area contributed by atoms with Crippen LogP contribution >= 0.6 is 12.4 Å². The molecule has 1 aromatic carbocycles. The highest BCUT2D eigenvalue weighted by molar-refractivity contribution is 5.85. The monoisotopic (exact) mass is 272 g/mol. The zero-order chi connectivity index (χ0) is 12.1. The molecule has 0 fully saturated rings. The summed E-state index contributed by atoms with van der Waals surface area (Å²) in [5.41, 5.74) is 0.999. The maximum absolute atomic E-state index is 11.3. The largest absolute Gasteiger partial charge is 0.486 e. The molecule has 0 spiro atoms. The second kappa shape index (κ2) is 7.08. The highest BCUT2D eigenvalue weighted by Gasteiger charge is 2.11. The first-order valence-electron chi connectivity index (χ1n) is 5.59. The third-order valence-electron chi connectivity index (χ3n) is 2.43. The molecule has 18 heavy (non-hydrogen) atoms. The molecular weight excluding hydrogens is 256 g/mol. The molecule has 1 aliphatic heterocycles. The van der Waals surface area contributed by atoms with Gasteiger partial charge >= 0.3 is 0 Å². The average Bonchev–Trinajstić information content (AvgIpc) is 2.36. The van der Waals surface area contributed by atoms with Gasteiger partial charge in [-0.3, -0.25) is 4.79 Å². The van der Waals surface area contributed by atoms with Crippen molar-refractivity contribution in [2.24, 2.45) is 0 Å². The fraction of sp³-hybridized carbons (Fsp3) is 0.417. The third kappa shape index (κ3) is 3.78. The molecule has 0 atom stereocenters. The molecule has 1 amide bonds. The first-order chi connectivity index (χ1) is 8.29. The smallest absolute Gasteiger partial charge is 0.234 e. The first kappa shape index (κ1) is 14.6. The number of benzene rings is 1. The van der Waals surface area contributed by atoms with Gasteiger partial charge in [-0.2, -0.15) is 0 Å². The Morgan fingerprint density at radius 2 is 2.00 bits per heavy atom. The van der Waals surface area contributed by atoms with E-state index in [9.17, 15) is 4.79 Å². The lowest BCUT2D eigenvalue weighted by Crippen LogP contribution is -2.31. The fourth-order valence-electron chi connectivity index (χ4n) is 1.62. The van der Waals surface area contributed by atoms with Gasteiger partial charge in [-0.05, 0) is 24.7 Å². The van der Waals surface area contributed by atoms with Crippen molar-refractivity contribution in [1.29, 1.82) is 0 Å². The summed E-state index contributed by atoms with van der Waals surface area (Å²) in [5, 5.41) is 5.61. The van der Waals surface area contributed by atoms with E-state index in [1.807, 2.05) is 18.2 Å². The van der Waals surface area contributed by atoms with Crippen LogP contribution in [-0.2, 0) is 11.3 Å². The third-order valence-corrected chi connectivity index (χ3v) is 2.43. The van der Waals surface area contributed by atoms with Crippen LogP contribution in [0, 0.1) is 0 Å². The SMILES string of the molecule is CNCC(=O)NCc1ccc2c(c1)OCCO2.Cl. The molecular formula is C12H17ClN2O3. The molecule has 2 rings (SSSR count). The van der Waals surface area contributed by atoms with Crippen molar-refractivity contribution in [2.75, 3.05) is 26.8 Å². The zero-order valence-corrected chi connectivity index (χ0v) is 11.0. The maximum Gasteiger partial charge on any atom is 0.234 e. The van der Waals surface area contributed by atoms with Gasteiger partial charge in [-0.25, -0.2) is 0 Å². The van der Waals surface area contributed by atoms with Crippen LogP contribution in [0.15, 0.2) is 18.2 Å². The first-order valence-corrected chi connectivity index (χ1v) is 5.59. The Bertz CT molecular complexity index is 412. The highest BCUT2D eigenvalue weighted by Crippen LogP contribution is 2.30. The van der Waals surface area contributed by atoms with Crippen molar-refractivity contribution in [3.63, 3.8) is 0 Å². The summed E-state index contributed by atoms with van der Waals surface area (Å²) in [6, 6.07) is 5.69. The molecule has 0 aliphatic carbocycles. The van der Waals surface area contributed by atoms with E-state index >= 15 is 0 Å². The Morgan fingerprint density at radius 3 is 2.72 bits per heavy atom. The number of amides is 1. The quantitative estimate of drug-likeness (QED) is 0.848. The number of halogens is 1. The fourth-order valence-corrected chi connectivity index (χ4v) is 1.62. The van der Waals surface area contributed by atoms with Crippen LogP contribution in [0.3, 0.4) is 0 Å². The maximum atomic E-state index is 11.3. The van der Waals surface area contributed by atoms with E-state index in [0.717, 1.165) is 17.1 Å². The average molecular weight is 273 g/mol. The molecule has 6 heteroatoms. The summed E-state index contributed by atoms with van der Waals surface area (Å²) in [4.78, 5) is 11.3. The van der Waals surface area contributed by atoms with Gasteiger partial charge in [0.2, 0.25) is 5.91 Å². The van der Waals surface area contributed by atoms with Crippen LogP contribution < -0.4 is 20.1 Å². The minimum Gasteiger partial charge on any atom is -0.486 e. The van der Waals surface area contributed by atoms with Gasteiger partial charge < -0.3 is 20.1 Å². The summed E-state index contributed by atoms with van der Waals surface area (Å²) in [7, 11) is 1.74. The number of fused-ring (bicyclic) bond motifs is 1. The second-order valence-electron chi connectivity index (χ2n) is 3.79. The predicted molar refractivity (Wildman–Crippen MR) is 70.5 cm³/mol. The Kier molecular flexibility index (Phi) is 5.74. The van der Waals surface area contributed by atoms with Crippen molar-refractivity contribution in [3.8, 4) is 11.5 Å². The number of hydrogen-bond donors (Lipinski definition) is 2. The molecule has 0 saturated heterocycles. The van der Waals surface area contributed by atoms with E-state index in [-0.39, 0.29) is 18.3 Å². The van der Waals surface area contributed by atoms with Crippen molar-refractivity contribution in [3.05, 3.63) is 23.8 Å². The summed E-state index contributed by atoms with van der Waals surface area (Å²) in [6.45, 7) is 1.98. The number of likely N-dealkylation sites (N-methyl/N-ethyl adjacent to an activating group) is 1. The molecule has 1 aliphatic rings. The lowest BCUT2D eigenvalue weighted by molar-refractivity contribution is -0.120. The van der Waals surface area contributed by atoms with Gasteiger partial charge in [0.15, 0.2) is 11.5 Å². The molecule has 5 nitrogen and oxygen atoms in total. The Labute approximate surface area is 112 Å². The number of nitrogens with one attached hydrogen (secondary N) is 2. The standard InChI is InChI=1S/C12H16N2O3.ClH/c1-13-8-12(15)14-7-9-2-3-10-11(6-9)17-5-4-16-10;/h2-3,6,13H,4-5,7-8H2,1H3,(H,14,15);1H. The van der Waals surface area contributed by atoms with Crippen LogP contribution in [0.2, 0.25) is 0 Å². The van der Waals surface area contributed by atoms with Crippen LogP contribution in [0.5, 0.6) is 11.5 Å². The van der Waals surface area contributed by atoms with Gasteiger partial charge in [0.05, 0.1) is 6.54 Å². The molecule has 0 aromatic heterocycles. The van der Waals surface area contributed by atoms with Gasteiger partial charge in [0.25, 0.3) is 0 Å². The van der Waals surface area contributed by atoms with Crippen LogP contribution in [0.4, 0.5) is 0 Å². The molecule has 0 bridgehead atoms. The van der Waals surface area contributed by atoms with Gasteiger partial charge in [0.1, 0.15) is 13.2 Å². The lowest BCUT2D eigenvalue weighted by atomic mass is 10.2. The van der Waals surface area contributed by atoms with Crippen molar-refractivity contribution in [1.82, 2.24) is 10.6 Å². The highest BCUT2D eigenvalue weighted by atomic mass is 35.5. The minimum absolute atomic E-state index is 0. The molecule has 0 saturated carbocycles. The molecule has 1 heterocycles.